The maximum atomic E-state index is 7.98. The fourth-order valence-electron chi connectivity index (χ4n) is 2.09. The van der Waals surface area contributed by atoms with E-state index >= 15 is 0 Å². The normalized spacial score (nSPS) is 24.1. The molecule has 0 aromatic rings. The molecule has 0 atom stereocenters. The van der Waals surface area contributed by atoms with Crippen molar-refractivity contribution in [3.8, 4) is 0 Å². The molecule has 2 saturated heterocycles. The molecular weight excluding hydrogens is 178 g/mol. The third-order valence-corrected chi connectivity index (χ3v) is 2.96. The van der Waals surface area contributed by atoms with Gasteiger partial charge < -0.3 is 9.64 Å². The van der Waals surface area contributed by atoms with Gasteiger partial charge in [0, 0.05) is 13.1 Å². The lowest BCUT2D eigenvalue weighted by Gasteiger charge is -2.30. The van der Waals surface area contributed by atoms with Crippen LogP contribution in [0.25, 0.3) is 0 Å². The lowest BCUT2D eigenvalue weighted by Crippen LogP contribution is -2.44. The Morgan fingerprint density at radius 2 is 1.71 bits per heavy atom. The van der Waals surface area contributed by atoms with Gasteiger partial charge in [0.15, 0.2) is 0 Å². The highest BCUT2D eigenvalue weighted by Gasteiger charge is 2.18. The summed E-state index contributed by atoms with van der Waals surface area (Å²) in [5, 5.41) is 7.98. The van der Waals surface area contributed by atoms with Gasteiger partial charge in [-0.3, -0.25) is 10.3 Å². The first kappa shape index (κ1) is 9.93. The van der Waals surface area contributed by atoms with Crippen LogP contribution >= 0.6 is 0 Å². The molecule has 0 amide bonds. The number of morpholine rings is 1. The van der Waals surface area contributed by atoms with E-state index in [9.17, 15) is 0 Å². The first-order valence-corrected chi connectivity index (χ1v) is 5.49. The predicted molar refractivity (Wildman–Crippen MR) is 55.8 cm³/mol. The van der Waals surface area contributed by atoms with Crippen molar-refractivity contribution >= 4 is 5.84 Å². The molecule has 1 N–H and O–H groups in total. The lowest BCUT2D eigenvalue weighted by atomic mass is 10.3. The van der Waals surface area contributed by atoms with Gasteiger partial charge in [-0.2, -0.15) is 0 Å². The summed E-state index contributed by atoms with van der Waals surface area (Å²) in [4.78, 5) is 4.51. The number of nitrogens with one attached hydrogen (secondary N) is 1. The van der Waals surface area contributed by atoms with Crippen molar-refractivity contribution in [1.29, 1.82) is 5.41 Å². The molecule has 0 unspecified atom stereocenters. The van der Waals surface area contributed by atoms with E-state index in [2.05, 4.69) is 9.80 Å². The van der Waals surface area contributed by atoms with Gasteiger partial charge in [-0.1, -0.05) is 0 Å². The van der Waals surface area contributed by atoms with Gasteiger partial charge in [0.05, 0.1) is 19.8 Å². The van der Waals surface area contributed by atoms with Crippen LogP contribution in [0.4, 0.5) is 0 Å². The maximum absolute atomic E-state index is 7.98. The molecule has 2 aliphatic heterocycles. The van der Waals surface area contributed by atoms with Crippen molar-refractivity contribution in [2.75, 3.05) is 45.9 Å². The van der Waals surface area contributed by atoms with Crippen LogP contribution in [0.15, 0.2) is 0 Å². The number of likely N-dealkylation sites (tertiary alicyclic amines) is 1. The molecule has 2 rings (SSSR count). The van der Waals surface area contributed by atoms with Crippen LogP contribution in [-0.2, 0) is 4.74 Å². The summed E-state index contributed by atoms with van der Waals surface area (Å²) in [6.07, 6.45) is 2.60. The minimum Gasteiger partial charge on any atom is -0.378 e. The summed E-state index contributed by atoms with van der Waals surface area (Å²) >= 11 is 0. The molecule has 2 aliphatic rings. The highest BCUT2D eigenvalue weighted by molar-refractivity contribution is 5.81. The van der Waals surface area contributed by atoms with Crippen LogP contribution in [0.3, 0.4) is 0 Å². The largest absolute Gasteiger partial charge is 0.378 e. The molecule has 2 heterocycles. The Labute approximate surface area is 85.3 Å². The monoisotopic (exact) mass is 197 g/mol. The Balaban J connectivity index is 1.75. The van der Waals surface area contributed by atoms with Gasteiger partial charge in [0.25, 0.3) is 0 Å². The average molecular weight is 197 g/mol. The number of nitrogens with zero attached hydrogens (tertiary/aromatic N) is 2. The van der Waals surface area contributed by atoms with E-state index < -0.39 is 0 Å². The molecule has 2 fully saturated rings. The van der Waals surface area contributed by atoms with Crippen LogP contribution in [0.2, 0.25) is 0 Å². The van der Waals surface area contributed by atoms with Gasteiger partial charge >= 0.3 is 0 Å². The third kappa shape index (κ3) is 2.45. The summed E-state index contributed by atoms with van der Waals surface area (Å²) < 4.78 is 5.27. The fourth-order valence-corrected chi connectivity index (χ4v) is 2.09. The zero-order valence-corrected chi connectivity index (χ0v) is 8.67. The first-order valence-electron chi connectivity index (χ1n) is 5.49. The number of ether oxygens (including phenoxy) is 1. The molecule has 0 bridgehead atoms. The van der Waals surface area contributed by atoms with Crippen LogP contribution in [0.5, 0.6) is 0 Å². The van der Waals surface area contributed by atoms with Crippen molar-refractivity contribution in [3.63, 3.8) is 0 Å². The van der Waals surface area contributed by atoms with Crippen LogP contribution in [0, 0.1) is 5.41 Å². The van der Waals surface area contributed by atoms with Crippen LogP contribution < -0.4 is 0 Å². The molecule has 0 radical (unpaired) electrons. The Morgan fingerprint density at radius 3 is 2.36 bits per heavy atom. The molecule has 4 heteroatoms. The lowest BCUT2D eigenvalue weighted by molar-refractivity contribution is 0.0661. The van der Waals surface area contributed by atoms with Crippen molar-refractivity contribution in [2.45, 2.75) is 12.8 Å². The summed E-state index contributed by atoms with van der Waals surface area (Å²) in [6.45, 7) is 6.53. The summed E-state index contributed by atoms with van der Waals surface area (Å²) in [5.74, 6) is 0.773. The van der Waals surface area contributed by atoms with E-state index in [-0.39, 0.29) is 0 Å². The van der Waals surface area contributed by atoms with Crippen molar-refractivity contribution in [3.05, 3.63) is 0 Å². The Kier molecular flexibility index (Phi) is 3.37. The summed E-state index contributed by atoms with van der Waals surface area (Å²) in [5.41, 5.74) is 0. The van der Waals surface area contributed by atoms with Gasteiger partial charge in [-0.15, -0.1) is 0 Å². The second-order valence-corrected chi connectivity index (χ2v) is 4.03. The van der Waals surface area contributed by atoms with Crippen molar-refractivity contribution < 1.29 is 4.74 Å². The second-order valence-electron chi connectivity index (χ2n) is 4.03. The highest BCUT2D eigenvalue weighted by Crippen LogP contribution is 2.08. The summed E-state index contributed by atoms with van der Waals surface area (Å²) in [6, 6.07) is 0. The molecule has 0 aromatic carbocycles. The van der Waals surface area contributed by atoms with E-state index in [0.717, 1.165) is 38.7 Å². The standard InChI is InChI=1S/C10H19N3O/c11-10(9-12-3-1-2-4-12)13-5-7-14-8-6-13/h11H,1-9H2. The third-order valence-electron chi connectivity index (χ3n) is 2.96. The zero-order chi connectivity index (χ0) is 9.80. The molecule has 0 aliphatic carbocycles. The van der Waals surface area contributed by atoms with Crippen molar-refractivity contribution in [1.82, 2.24) is 9.80 Å². The Bertz CT molecular complexity index is 196. The molecule has 0 saturated carbocycles. The number of amidine groups is 1. The molecule has 14 heavy (non-hydrogen) atoms. The molecule has 80 valence electrons. The number of hydrogen-bond donors (Lipinski definition) is 1. The van der Waals surface area contributed by atoms with Gasteiger partial charge in [0.1, 0.15) is 5.84 Å². The summed E-state index contributed by atoms with van der Waals surface area (Å²) in [7, 11) is 0. The fraction of sp³-hybridized carbons (Fsp3) is 0.900. The SMILES string of the molecule is N=C(CN1CCCC1)N1CCOCC1. The topological polar surface area (TPSA) is 39.6 Å². The quantitative estimate of drug-likeness (QED) is 0.514. The number of rotatable bonds is 2. The van der Waals surface area contributed by atoms with E-state index in [1.807, 2.05) is 0 Å². The average Bonchev–Trinajstić information content (AvgIpc) is 2.72. The minimum absolute atomic E-state index is 0.773. The second kappa shape index (κ2) is 4.75. The smallest absolute Gasteiger partial charge is 0.110 e. The molecular formula is C10H19N3O. The Morgan fingerprint density at radius 1 is 1.07 bits per heavy atom. The first-order chi connectivity index (χ1) is 6.86. The van der Waals surface area contributed by atoms with Gasteiger partial charge in [0.2, 0.25) is 0 Å². The van der Waals surface area contributed by atoms with Crippen LogP contribution in [-0.4, -0.2) is 61.6 Å². The van der Waals surface area contributed by atoms with Gasteiger partial charge in [-0.05, 0) is 25.9 Å². The molecule has 0 spiro atoms. The van der Waals surface area contributed by atoms with E-state index in [0.29, 0.717) is 0 Å². The minimum atomic E-state index is 0.773. The van der Waals surface area contributed by atoms with Gasteiger partial charge in [-0.25, -0.2) is 0 Å². The predicted octanol–water partition coefficient (Wildman–Crippen LogP) is 0.392. The van der Waals surface area contributed by atoms with E-state index in [1.54, 1.807) is 0 Å². The maximum Gasteiger partial charge on any atom is 0.110 e. The molecule has 0 aromatic heterocycles. The Hall–Kier alpha value is -0.610. The van der Waals surface area contributed by atoms with E-state index in [4.69, 9.17) is 10.1 Å². The zero-order valence-electron chi connectivity index (χ0n) is 8.67. The van der Waals surface area contributed by atoms with Crippen molar-refractivity contribution in [2.24, 2.45) is 0 Å². The van der Waals surface area contributed by atoms with E-state index in [1.165, 1.54) is 25.9 Å². The highest BCUT2D eigenvalue weighted by atomic mass is 16.5. The molecule has 4 nitrogen and oxygen atoms in total. The number of hydrogen-bond acceptors (Lipinski definition) is 3. The van der Waals surface area contributed by atoms with Crippen LogP contribution in [0.1, 0.15) is 12.8 Å².